The second-order valence-electron chi connectivity index (χ2n) is 5.94. The first-order chi connectivity index (χ1) is 13.1. The number of benzene rings is 1. The van der Waals surface area contributed by atoms with Crippen molar-refractivity contribution in [2.75, 3.05) is 11.5 Å². The van der Waals surface area contributed by atoms with Gasteiger partial charge in [0.2, 0.25) is 5.91 Å². The molecule has 0 spiro atoms. The quantitative estimate of drug-likeness (QED) is 0.563. The minimum absolute atomic E-state index is 0.0845. The number of sulfone groups is 1. The summed E-state index contributed by atoms with van der Waals surface area (Å²) in [7, 11) is -2.30. The van der Waals surface area contributed by atoms with Crippen LogP contribution in [-0.2, 0) is 26.5 Å². The highest BCUT2D eigenvalue weighted by Gasteiger charge is 2.28. The predicted octanol–water partition coefficient (Wildman–Crippen LogP) is -0.123. The fraction of sp³-hybridized carbons (Fsp3) is 0.375. The van der Waals surface area contributed by atoms with Gasteiger partial charge in [0.1, 0.15) is 17.7 Å². The molecular weight excluding hydrogens is 408 g/mol. The van der Waals surface area contributed by atoms with E-state index in [0.29, 0.717) is 0 Å². The Hall–Kier alpha value is -2.60. The van der Waals surface area contributed by atoms with Gasteiger partial charge in [-0.15, -0.1) is 11.8 Å². The van der Waals surface area contributed by atoms with Crippen molar-refractivity contribution in [3.8, 4) is 0 Å². The number of aryl methyl sites for hydroxylation is 1. The summed E-state index contributed by atoms with van der Waals surface area (Å²) in [5.41, 5.74) is -0.535. The minimum Gasteiger partial charge on any atom is -0.480 e. The largest absolute Gasteiger partial charge is 0.480 e. The van der Waals surface area contributed by atoms with Crippen LogP contribution in [0.15, 0.2) is 46.3 Å². The Morgan fingerprint density at radius 1 is 1.29 bits per heavy atom. The number of carboxylic acids is 1. The lowest BCUT2D eigenvalue weighted by Crippen LogP contribution is -2.42. The van der Waals surface area contributed by atoms with Crippen molar-refractivity contribution < 1.29 is 23.1 Å². The summed E-state index contributed by atoms with van der Waals surface area (Å²) in [6.07, 6.45) is 1.24. The maximum absolute atomic E-state index is 12.7. The van der Waals surface area contributed by atoms with E-state index in [9.17, 15) is 27.9 Å². The fourth-order valence-electron chi connectivity index (χ4n) is 2.32. The van der Waals surface area contributed by atoms with Crippen LogP contribution in [0.5, 0.6) is 0 Å². The standard InChI is InChI=1S/C16H20N4O6S2/c1-11(21)18-13(15(22)23)8-27-14(20-16(24)19(2)10-17-20)9-28(25,26)12-6-4-3-5-7-12/h3-7,10,13-14H,8-9H2,1-2H3,(H,18,21)(H,22,23). The molecule has 0 saturated heterocycles. The lowest BCUT2D eigenvalue weighted by molar-refractivity contribution is -0.140. The lowest BCUT2D eigenvalue weighted by Gasteiger charge is -2.19. The van der Waals surface area contributed by atoms with E-state index < -0.39 is 44.6 Å². The average Bonchev–Trinajstić information content (AvgIpc) is 2.96. The van der Waals surface area contributed by atoms with Gasteiger partial charge in [0.15, 0.2) is 9.84 Å². The Kier molecular flexibility index (Phi) is 7.02. The summed E-state index contributed by atoms with van der Waals surface area (Å²) in [5.74, 6) is -2.41. The maximum Gasteiger partial charge on any atom is 0.346 e. The van der Waals surface area contributed by atoms with Gasteiger partial charge in [0, 0.05) is 19.7 Å². The van der Waals surface area contributed by atoms with E-state index >= 15 is 0 Å². The molecule has 0 aliphatic heterocycles. The lowest BCUT2D eigenvalue weighted by atomic mass is 10.3. The topological polar surface area (TPSA) is 140 Å². The summed E-state index contributed by atoms with van der Waals surface area (Å²) in [5, 5.41) is 14.5. The monoisotopic (exact) mass is 428 g/mol. The number of hydrogen-bond donors (Lipinski definition) is 2. The summed E-state index contributed by atoms with van der Waals surface area (Å²) in [6.45, 7) is 1.18. The first kappa shape index (κ1) is 21.7. The van der Waals surface area contributed by atoms with E-state index in [-0.39, 0.29) is 10.6 Å². The second kappa shape index (κ2) is 9.06. The molecule has 1 aromatic heterocycles. The first-order valence-electron chi connectivity index (χ1n) is 8.11. The van der Waals surface area contributed by atoms with Gasteiger partial charge in [-0.3, -0.25) is 9.36 Å². The number of rotatable bonds is 9. The van der Waals surface area contributed by atoms with Gasteiger partial charge < -0.3 is 10.4 Å². The van der Waals surface area contributed by atoms with Crippen LogP contribution in [0.1, 0.15) is 12.3 Å². The number of nitrogens with zero attached hydrogens (tertiary/aromatic N) is 3. The second-order valence-corrected chi connectivity index (χ2v) is 9.19. The minimum atomic E-state index is -3.77. The molecule has 152 valence electrons. The third-order valence-electron chi connectivity index (χ3n) is 3.71. The van der Waals surface area contributed by atoms with Crippen LogP contribution in [0, 0.1) is 0 Å². The number of aliphatic carboxylic acids is 1. The Morgan fingerprint density at radius 2 is 1.93 bits per heavy atom. The van der Waals surface area contributed by atoms with Crippen LogP contribution in [0.25, 0.3) is 0 Å². The van der Waals surface area contributed by atoms with Crippen LogP contribution in [0.3, 0.4) is 0 Å². The van der Waals surface area contributed by atoms with Crippen LogP contribution in [0.2, 0.25) is 0 Å². The van der Waals surface area contributed by atoms with Crippen molar-refractivity contribution in [2.24, 2.45) is 7.05 Å². The molecule has 28 heavy (non-hydrogen) atoms. The molecule has 12 heteroatoms. The number of carbonyl (C=O) groups excluding carboxylic acids is 1. The van der Waals surface area contributed by atoms with Gasteiger partial charge in [-0.1, -0.05) is 18.2 Å². The molecule has 0 bridgehead atoms. The molecule has 1 amide bonds. The number of thioether (sulfide) groups is 1. The van der Waals surface area contributed by atoms with Gasteiger partial charge >= 0.3 is 11.7 Å². The summed E-state index contributed by atoms with van der Waals surface area (Å²) >= 11 is 0.915. The molecule has 0 fully saturated rings. The Balaban J connectivity index is 2.30. The third kappa shape index (κ3) is 5.45. The molecule has 0 saturated carbocycles. The zero-order valence-electron chi connectivity index (χ0n) is 15.2. The van der Waals surface area contributed by atoms with Crippen LogP contribution < -0.4 is 11.0 Å². The molecule has 0 aliphatic rings. The van der Waals surface area contributed by atoms with E-state index in [1.54, 1.807) is 18.2 Å². The van der Waals surface area contributed by atoms with Crippen molar-refractivity contribution >= 4 is 33.5 Å². The molecule has 10 nitrogen and oxygen atoms in total. The molecule has 0 radical (unpaired) electrons. The normalized spacial score (nSPS) is 13.6. The van der Waals surface area contributed by atoms with Crippen LogP contribution in [0.4, 0.5) is 0 Å². The zero-order chi connectivity index (χ0) is 20.9. The van der Waals surface area contributed by atoms with E-state index in [2.05, 4.69) is 10.4 Å². The Bertz CT molecular complexity index is 1000. The fourth-order valence-corrected chi connectivity index (χ4v) is 5.45. The molecule has 2 unspecified atom stereocenters. The van der Waals surface area contributed by atoms with E-state index in [4.69, 9.17) is 0 Å². The molecule has 2 aromatic rings. The molecule has 1 heterocycles. The predicted molar refractivity (Wildman–Crippen MR) is 103 cm³/mol. The van der Waals surface area contributed by atoms with Gasteiger partial charge in [-0.05, 0) is 12.1 Å². The number of carbonyl (C=O) groups is 2. The number of nitrogens with one attached hydrogen (secondary N) is 1. The van der Waals surface area contributed by atoms with E-state index in [0.717, 1.165) is 16.4 Å². The van der Waals surface area contributed by atoms with Gasteiger partial charge in [0.25, 0.3) is 0 Å². The number of amides is 1. The van der Waals surface area contributed by atoms with Gasteiger partial charge in [-0.25, -0.2) is 18.0 Å². The van der Waals surface area contributed by atoms with Crippen molar-refractivity contribution in [3.05, 3.63) is 47.1 Å². The molecule has 0 aliphatic carbocycles. The number of carboxylic acid groups (broad SMARTS) is 1. The maximum atomic E-state index is 12.7. The highest BCUT2D eigenvalue weighted by atomic mass is 32.2. The molecule has 1 aromatic carbocycles. The van der Waals surface area contributed by atoms with Crippen molar-refractivity contribution in [1.82, 2.24) is 19.7 Å². The molecular formula is C16H20N4O6S2. The highest BCUT2D eigenvalue weighted by molar-refractivity contribution is 8.00. The van der Waals surface area contributed by atoms with Crippen LogP contribution >= 0.6 is 11.8 Å². The molecule has 2 atom stereocenters. The highest BCUT2D eigenvalue weighted by Crippen LogP contribution is 2.26. The van der Waals surface area contributed by atoms with Crippen molar-refractivity contribution in [1.29, 1.82) is 0 Å². The summed E-state index contributed by atoms with van der Waals surface area (Å²) in [6, 6.07) is 6.49. The first-order valence-corrected chi connectivity index (χ1v) is 10.8. The SMILES string of the molecule is CC(=O)NC(CSC(CS(=O)(=O)c1ccccc1)n1ncn(C)c1=O)C(=O)O. The van der Waals surface area contributed by atoms with Gasteiger partial charge in [0.05, 0.1) is 10.6 Å². The zero-order valence-corrected chi connectivity index (χ0v) is 16.8. The molecule has 2 rings (SSSR count). The Labute approximate surface area is 165 Å². The summed E-state index contributed by atoms with van der Waals surface area (Å²) < 4.78 is 27.7. The number of hydrogen-bond acceptors (Lipinski definition) is 7. The van der Waals surface area contributed by atoms with Crippen molar-refractivity contribution in [3.63, 3.8) is 0 Å². The van der Waals surface area contributed by atoms with Gasteiger partial charge in [-0.2, -0.15) is 9.78 Å². The van der Waals surface area contributed by atoms with Crippen LogP contribution in [-0.4, -0.2) is 57.3 Å². The smallest absolute Gasteiger partial charge is 0.346 e. The average molecular weight is 428 g/mol. The van der Waals surface area contributed by atoms with Crippen molar-refractivity contribution in [2.45, 2.75) is 23.2 Å². The third-order valence-corrected chi connectivity index (χ3v) is 6.95. The number of aromatic nitrogens is 3. The van der Waals surface area contributed by atoms with E-state index in [1.165, 1.54) is 37.0 Å². The summed E-state index contributed by atoms with van der Waals surface area (Å²) in [4.78, 5) is 34.9. The molecule has 2 N–H and O–H groups in total. The Morgan fingerprint density at radius 3 is 2.43 bits per heavy atom. The van der Waals surface area contributed by atoms with E-state index in [1.807, 2.05) is 0 Å².